The SMILES string of the molecule is NNC(Cc1ccccc1Cl)C(C(F)(F)F)C(F)(F)F. The third-order valence-electron chi connectivity index (χ3n) is 2.72. The summed E-state index contributed by atoms with van der Waals surface area (Å²) in [6.07, 6.45) is -11.5. The fourth-order valence-electron chi connectivity index (χ4n) is 1.82. The van der Waals surface area contributed by atoms with Gasteiger partial charge in [0.1, 0.15) is 0 Å². The number of rotatable bonds is 4. The van der Waals surface area contributed by atoms with Gasteiger partial charge in [-0.15, -0.1) is 0 Å². The van der Waals surface area contributed by atoms with E-state index < -0.39 is 30.7 Å². The second-order valence-corrected chi connectivity index (χ2v) is 4.54. The first-order valence-corrected chi connectivity index (χ1v) is 5.78. The van der Waals surface area contributed by atoms with Crippen LogP contribution < -0.4 is 11.3 Å². The number of halogens is 7. The Kier molecular flexibility index (Phi) is 5.28. The molecule has 1 atom stereocenters. The minimum absolute atomic E-state index is 0.0795. The molecule has 0 radical (unpaired) electrons. The van der Waals surface area contributed by atoms with Crippen LogP contribution in [0.25, 0.3) is 0 Å². The Morgan fingerprint density at radius 1 is 1.05 bits per heavy atom. The van der Waals surface area contributed by atoms with E-state index in [1.54, 1.807) is 5.43 Å². The molecule has 0 saturated carbocycles. The van der Waals surface area contributed by atoms with Crippen molar-refractivity contribution in [1.82, 2.24) is 5.43 Å². The van der Waals surface area contributed by atoms with Crippen LogP contribution in [-0.4, -0.2) is 18.4 Å². The number of hydrogen-bond donors (Lipinski definition) is 2. The molecule has 0 aliphatic rings. The molecule has 9 heteroatoms. The highest BCUT2D eigenvalue weighted by Crippen LogP contribution is 2.42. The minimum Gasteiger partial charge on any atom is -0.271 e. The van der Waals surface area contributed by atoms with Crippen LogP contribution in [-0.2, 0) is 6.42 Å². The number of benzene rings is 1. The first-order valence-electron chi connectivity index (χ1n) is 5.40. The molecular formula is C11H11ClF6N2. The highest BCUT2D eigenvalue weighted by Gasteiger charge is 2.60. The first-order chi connectivity index (χ1) is 9.07. The molecule has 0 spiro atoms. The quantitative estimate of drug-likeness (QED) is 0.506. The average Bonchev–Trinajstić information content (AvgIpc) is 2.27. The van der Waals surface area contributed by atoms with Gasteiger partial charge in [0.2, 0.25) is 0 Å². The molecule has 0 aliphatic heterocycles. The maximum absolute atomic E-state index is 12.6. The monoisotopic (exact) mass is 320 g/mol. The van der Waals surface area contributed by atoms with Gasteiger partial charge in [-0.2, -0.15) is 26.3 Å². The maximum Gasteiger partial charge on any atom is 0.402 e. The Bertz CT molecular complexity index is 431. The van der Waals surface area contributed by atoms with Gasteiger partial charge in [0, 0.05) is 11.1 Å². The molecule has 0 aliphatic carbocycles. The zero-order valence-electron chi connectivity index (χ0n) is 9.89. The zero-order chi connectivity index (χ0) is 15.6. The van der Waals surface area contributed by atoms with Crippen LogP contribution in [0.15, 0.2) is 24.3 Å². The molecule has 0 heterocycles. The molecule has 1 aromatic rings. The molecule has 1 rings (SSSR count). The van der Waals surface area contributed by atoms with E-state index in [9.17, 15) is 26.3 Å². The molecule has 0 bridgehead atoms. The predicted molar refractivity (Wildman–Crippen MR) is 61.9 cm³/mol. The Morgan fingerprint density at radius 3 is 1.95 bits per heavy atom. The van der Waals surface area contributed by atoms with Gasteiger partial charge < -0.3 is 0 Å². The smallest absolute Gasteiger partial charge is 0.271 e. The summed E-state index contributed by atoms with van der Waals surface area (Å²) in [6, 6.07) is 3.64. The van der Waals surface area contributed by atoms with Crippen molar-refractivity contribution in [3.63, 3.8) is 0 Å². The molecular weight excluding hydrogens is 310 g/mol. The molecule has 3 N–H and O–H groups in total. The van der Waals surface area contributed by atoms with E-state index in [-0.39, 0.29) is 10.6 Å². The van der Waals surface area contributed by atoms with E-state index >= 15 is 0 Å². The Labute approximate surface area is 115 Å². The van der Waals surface area contributed by atoms with Crippen molar-refractivity contribution >= 4 is 11.6 Å². The molecule has 0 saturated heterocycles. The van der Waals surface area contributed by atoms with Gasteiger partial charge >= 0.3 is 12.4 Å². The van der Waals surface area contributed by atoms with Crippen LogP contribution in [0, 0.1) is 5.92 Å². The summed E-state index contributed by atoms with van der Waals surface area (Å²) in [5.74, 6) is 1.30. The van der Waals surface area contributed by atoms with E-state index in [1.165, 1.54) is 24.3 Å². The number of alkyl halides is 6. The van der Waals surface area contributed by atoms with Crippen LogP contribution in [0.5, 0.6) is 0 Å². The summed E-state index contributed by atoms with van der Waals surface area (Å²) in [6.45, 7) is 0. The van der Waals surface area contributed by atoms with Crippen molar-refractivity contribution in [3.05, 3.63) is 34.9 Å². The van der Waals surface area contributed by atoms with Gasteiger partial charge in [0.25, 0.3) is 0 Å². The molecule has 20 heavy (non-hydrogen) atoms. The highest BCUT2D eigenvalue weighted by atomic mass is 35.5. The number of hydrogen-bond acceptors (Lipinski definition) is 2. The van der Waals surface area contributed by atoms with E-state index in [2.05, 4.69) is 0 Å². The zero-order valence-corrected chi connectivity index (χ0v) is 10.7. The van der Waals surface area contributed by atoms with E-state index in [0.717, 1.165) is 0 Å². The molecule has 0 amide bonds. The second-order valence-electron chi connectivity index (χ2n) is 4.13. The lowest BCUT2D eigenvalue weighted by molar-refractivity contribution is -0.291. The summed E-state index contributed by atoms with van der Waals surface area (Å²) in [5.41, 5.74) is 1.74. The van der Waals surface area contributed by atoms with E-state index in [1.807, 2.05) is 0 Å². The molecule has 114 valence electrons. The fraction of sp³-hybridized carbons (Fsp3) is 0.455. The van der Waals surface area contributed by atoms with Crippen LogP contribution in [0.1, 0.15) is 5.56 Å². The third-order valence-corrected chi connectivity index (χ3v) is 3.09. The largest absolute Gasteiger partial charge is 0.402 e. The van der Waals surface area contributed by atoms with E-state index in [0.29, 0.717) is 0 Å². The van der Waals surface area contributed by atoms with Gasteiger partial charge in [0.05, 0.1) is 0 Å². The lowest BCUT2D eigenvalue weighted by Crippen LogP contribution is -2.54. The topological polar surface area (TPSA) is 38.0 Å². The number of hydrazine groups is 1. The van der Waals surface area contributed by atoms with Crippen LogP contribution in [0.4, 0.5) is 26.3 Å². The van der Waals surface area contributed by atoms with Crippen LogP contribution in [0.2, 0.25) is 5.02 Å². The van der Waals surface area contributed by atoms with Crippen LogP contribution in [0.3, 0.4) is 0 Å². The molecule has 1 unspecified atom stereocenters. The van der Waals surface area contributed by atoms with Crippen LogP contribution >= 0.6 is 11.6 Å². The van der Waals surface area contributed by atoms with Crippen molar-refractivity contribution in [1.29, 1.82) is 0 Å². The average molecular weight is 321 g/mol. The van der Waals surface area contributed by atoms with Gasteiger partial charge in [-0.25, -0.2) is 0 Å². The normalized spacial score (nSPS) is 14.7. The first kappa shape index (κ1) is 17.1. The van der Waals surface area contributed by atoms with Crippen molar-refractivity contribution in [3.8, 4) is 0 Å². The van der Waals surface area contributed by atoms with E-state index in [4.69, 9.17) is 17.4 Å². The molecule has 0 fully saturated rings. The lowest BCUT2D eigenvalue weighted by atomic mass is 9.92. The summed E-state index contributed by atoms with van der Waals surface area (Å²) < 4.78 is 75.6. The summed E-state index contributed by atoms with van der Waals surface area (Å²) in [7, 11) is 0. The van der Waals surface area contributed by atoms with Gasteiger partial charge in [0.15, 0.2) is 5.92 Å². The van der Waals surface area contributed by atoms with Crippen molar-refractivity contribution in [2.45, 2.75) is 24.8 Å². The molecule has 2 nitrogen and oxygen atoms in total. The Morgan fingerprint density at radius 2 is 1.55 bits per heavy atom. The summed E-state index contributed by atoms with van der Waals surface area (Å²) >= 11 is 5.73. The Hall–Kier alpha value is -0.990. The lowest BCUT2D eigenvalue weighted by Gasteiger charge is -2.30. The third kappa shape index (κ3) is 4.26. The maximum atomic E-state index is 12.6. The number of nitrogens with one attached hydrogen (secondary N) is 1. The summed E-state index contributed by atoms with van der Waals surface area (Å²) in [5, 5.41) is 0.0795. The van der Waals surface area contributed by atoms with Gasteiger partial charge in [-0.3, -0.25) is 11.3 Å². The Balaban J connectivity index is 3.07. The minimum atomic E-state index is -5.46. The second kappa shape index (κ2) is 6.19. The van der Waals surface area contributed by atoms with Gasteiger partial charge in [-0.05, 0) is 18.1 Å². The molecule has 1 aromatic carbocycles. The predicted octanol–water partition coefficient (Wildman–Crippen LogP) is 3.46. The van der Waals surface area contributed by atoms with Crippen molar-refractivity contribution in [2.24, 2.45) is 11.8 Å². The fourth-order valence-corrected chi connectivity index (χ4v) is 2.03. The molecule has 0 aromatic heterocycles. The van der Waals surface area contributed by atoms with Crippen molar-refractivity contribution < 1.29 is 26.3 Å². The van der Waals surface area contributed by atoms with Gasteiger partial charge in [-0.1, -0.05) is 29.8 Å². The highest BCUT2D eigenvalue weighted by molar-refractivity contribution is 6.31. The summed E-state index contributed by atoms with van der Waals surface area (Å²) in [4.78, 5) is 0. The van der Waals surface area contributed by atoms with Crippen molar-refractivity contribution in [2.75, 3.05) is 0 Å². The standard InChI is InChI=1S/C11H11ClF6N2/c12-7-4-2-1-3-6(7)5-8(20-19)9(10(13,14)15)11(16,17)18/h1-4,8-9,20H,5,19H2. The number of nitrogens with two attached hydrogens (primary N) is 1.